The summed E-state index contributed by atoms with van der Waals surface area (Å²) in [7, 11) is 0. The summed E-state index contributed by atoms with van der Waals surface area (Å²) in [5.74, 6) is -2.43. The average Bonchev–Trinajstić information content (AvgIpc) is 2.99. The van der Waals surface area contributed by atoms with Crippen molar-refractivity contribution < 1.29 is 28.7 Å². The van der Waals surface area contributed by atoms with Crippen molar-refractivity contribution in [1.82, 2.24) is 20.9 Å². The molecule has 2 aromatic carbocycles. The highest BCUT2D eigenvalue weighted by atomic mass is 35.5. The van der Waals surface area contributed by atoms with Crippen LogP contribution in [0.3, 0.4) is 0 Å². The summed E-state index contributed by atoms with van der Waals surface area (Å²) in [5.41, 5.74) is 2.37. The molecule has 1 aliphatic rings. The second-order valence-electron chi connectivity index (χ2n) is 9.82. The number of carboxylic acids is 1. The van der Waals surface area contributed by atoms with Crippen molar-refractivity contribution in [3.63, 3.8) is 0 Å². The van der Waals surface area contributed by atoms with E-state index < -0.39 is 35.8 Å². The number of pyridine rings is 1. The van der Waals surface area contributed by atoms with Crippen molar-refractivity contribution in [3.05, 3.63) is 87.7 Å². The molecule has 0 spiro atoms. The predicted octanol–water partition coefficient (Wildman–Crippen LogP) is 3.90. The normalized spacial score (nSPS) is 15.0. The molecule has 0 fully saturated rings. The van der Waals surface area contributed by atoms with Crippen molar-refractivity contribution >= 4 is 52.6 Å². The van der Waals surface area contributed by atoms with Crippen LogP contribution in [0.25, 0.3) is 11.1 Å². The highest BCUT2D eigenvalue weighted by Crippen LogP contribution is 2.31. The summed E-state index contributed by atoms with van der Waals surface area (Å²) in [6.45, 7) is -0.0452. The summed E-state index contributed by atoms with van der Waals surface area (Å²) >= 11 is 12.7. The van der Waals surface area contributed by atoms with Gasteiger partial charge in [-0.05, 0) is 47.9 Å². The minimum absolute atomic E-state index is 0.0206. The summed E-state index contributed by atoms with van der Waals surface area (Å²) in [5, 5.41) is 17.5. The Bertz CT molecular complexity index is 1530. The minimum Gasteiger partial charge on any atom is -0.480 e. The van der Waals surface area contributed by atoms with Crippen molar-refractivity contribution in [2.24, 2.45) is 4.99 Å². The first-order valence-corrected chi connectivity index (χ1v) is 14.1. The fraction of sp³-hybridized carbons (Fsp3) is 0.267. The fourth-order valence-corrected chi connectivity index (χ4v) is 5.00. The first-order valence-electron chi connectivity index (χ1n) is 13.3. The molecule has 2 amide bonds. The molecule has 0 aliphatic carbocycles. The molecule has 2 atom stereocenters. The van der Waals surface area contributed by atoms with Crippen LogP contribution in [0.2, 0.25) is 10.0 Å². The van der Waals surface area contributed by atoms with Crippen LogP contribution in [-0.4, -0.2) is 71.3 Å². The number of Topliss-reactive ketones (excluding diaryl/α,β-unsaturated/α-hetero) is 1. The van der Waals surface area contributed by atoms with E-state index in [1.165, 1.54) is 12.1 Å². The number of nitrogens with one attached hydrogen (secondary N) is 3. The van der Waals surface area contributed by atoms with E-state index in [-0.39, 0.29) is 48.1 Å². The number of carbonyl (C=O) groups excluding carboxylic acids is 3. The van der Waals surface area contributed by atoms with Gasteiger partial charge in [0.25, 0.3) is 11.8 Å². The highest BCUT2D eigenvalue weighted by Gasteiger charge is 2.25. The number of aliphatic imine (C=N–C) groups is 1. The summed E-state index contributed by atoms with van der Waals surface area (Å²) in [6.07, 6.45) is 2.15. The maximum Gasteiger partial charge on any atom is 0.326 e. The Morgan fingerprint density at radius 2 is 1.81 bits per heavy atom. The maximum absolute atomic E-state index is 13.3. The summed E-state index contributed by atoms with van der Waals surface area (Å²) in [4.78, 5) is 58.0. The molecule has 0 saturated heterocycles. The van der Waals surface area contributed by atoms with Crippen LogP contribution >= 0.6 is 23.2 Å². The maximum atomic E-state index is 13.3. The molecule has 1 unspecified atom stereocenters. The summed E-state index contributed by atoms with van der Waals surface area (Å²) in [6, 6.07) is 11.9. The number of halogens is 3. The minimum atomic E-state index is -1.40. The van der Waals surface area contributed by atoms with Crippen molar-refractivity contribution in [1.29, 1.82) is 0 Å². The van der Waals surface area contributed by atoms with Gasteiger partial charge in [0.15, 0.2) is 5.78 Å². The topological polar surface area (TPSA) is 150 Å². The monoisotopic (exact) mass is 627 g/mol. The lowest BCUT2D eigenvalue weighted by Crippen LogP contribution is -2.41. The number of alkyl halides is 1. The molecule has 10 nitrogen and oxygen atoms in total. The molecule has 1 aromatic heterocycles. The van der Waals surface area contributed by atoms with Crippen LogP contribution < -0.4 is 16.0 Å². The first-order chi connectivity index (χ1) is 20.6. The van der Waals surface area contributed by atoms with E-state index in [1.807, 2.05) is 6.07 Å². The van der Waals surface area contributed by atoms with Crippen LogP contribution in [0.1, 0.15) is 39.1 Å². The van der Waals surface area contributed by atoms with Gasteiger partial charge in [0, 0.05) is 42.9 Å². The predicted molar refractivity (Wildman–Crippen MR) is 161 cm³/mol. The fourth-order valence-electron chi connectivity index (χ4n) is 4.35. The van der Waals surface area contributed by atoms with Crippen molar-refractivity contribution in [2.75, 3.05) is 19.6 Å². The van der Waals surface area contributed by atoms with Gasteiger partial charge in [-0.1, -0.05) is 41.4 Å². The highest BCUT2D eigenvalue weighted by molar-refractivity contribution is 6.40. The molecule has 0 radical (unpaired) electrons. The molecule has 43 heavy (non-hydrogen) atoms. The lowest BCUT2D eigenvalue weighted by atomic mass is 10.0. The van der Waals surface area contributed by atoms with Gasteiger partial charge in [-0.25, -0.2) is 9.18 Å². The lowest BCUT2D eigenvalue weighted by molar-refractivity contribution is -0.139. The van der Waals surface area contributed by atoms with Crippen LogP contribution in [0, 0.1) is 0 Å². The number of aliphatic carboxylic acids is 1. The number of carbonyl (C=O) groups is 4. The van der Waals surface area contributed by atoms with Crippen LogP contribution in [0.15, 0.2) is 65.9 Å². The van der Waals surface area contributed by atoms with E-state index in [2.05, 4.69) is 25.9 Å². The second-order valence-corrected chi connectivity index (χ2v) is 10.6. The van der Waals surface area contributed by atoms with E-state index in [4.69, 9.17) is 23.2 Å². The molecule has 3 aromatic rings. The van der Waals surface area contributed by atoms with Gasteiger partial charge >= 0.3 is 5.97 Å². The van der Waals surface area contributed by atoms with Crippen LogP contribution in [-0.2, 0) is 16.0 Å². The quantitative estimate of drug-likeness (QED) is 0.238. The number of rotatable bonds is 12. The molecule has 4 N–H and O–H groups in total. The Labute approximate surface area is 256 Å². The van der Waals surface area contributed by atoms with E-state index in [9.17, 15) is 28.7 Å². The molecule has 0 saturated carbocycles. The van der Waals surface area contributed by atoms with Gasteiger partial charge in [-0.15, -0.1) is 0 Å². The molecule has 2 heterocycles. The van der Waals surface area contributed by atoms with Gasteiger partial charge in [0.1, 0.15) is 18.0 Å². The smallest absolute Gasteiger partial charge is 0.326 e. The zero-order chi connectivity index (χ0) is 30.9. The van der Waals surface area contributed by atoms with Crippen molar-refractivity contribution in [3.8, 4) is 11.1 Å². The van der Waals surface area contributed by atoms with Gasteiger partial charge in [0.2, 0.25) is 0 Å². The molecule has 224 valence electrons. The Balaban J connectivity index is 1.29. The third-order valence-corrected chi connectivity index (χ3v) is 7.19. The standard InChI is InChI=1S/C30H28Cl2FN5O5/c31-23-11-20(19-5-2-8-34-13-19)12-24(32)27(23)29(41)38-25(30(42)43)7-6-22(39)16-37-28(40)18-4-1-3-17(9-18)10-26-35-14-21(33)15-36-26/h1-5,8-9,11-13,21,25H,6-7,10,14-16H2,(H,35,36)(H,37,40)(H,38,41)(H,42,43)/t25-/m1/s1. The van der Waals surface area contributed by atoms with Crippen LogP contribution in [0.5, 0.6) is 0 Å². The van der Waals surface area contributed by atoms with Crippen molar-refractivity contribution in [2.45, 2.75) is 31.5 Å². The average molecular weight is 628 g/mol. The van der Waals surface area contributed by atoms with Gasteiger partial charge < -0.3 is 21.1 Å². The number of carboxylic acid groups (broad SMARTS) is 1. The van der Waals surface area contributed by atoms with E-state index in [0.717, 1.165) is 11.1 Å². The molecular weight excluding hydrogens is 600 g/mol. The number of nitrogens with zero attached hydrogens (tertiary/aromatic N) is 2. The molecule has 13 heteroatoms. The Morgan fingerprint density at radius 1 is 1.05 bits per heavy atom. The molecular formula is C30H28Cl2FN5O5. The summed E-state index contributed by atoms with van der Waals surface area (Å²) < 4.78 is 13.3. The largest absolute Gasteiger partial charge is 0.480 e. The number of aromatic nitrogens is 1. The van der Waals surface area contributed by atoms with Crippen LogP contribution in [0.4, 0.5) is 4.39 Å². The Morgan fingerprint density at radius 3 is 2.47 bits per heavy atom. The molecule has 0 bridgehead atoms. The third kappa shape index (κ3) is 8.82. The van der Waals surface area contributed by atoms with Gasteiger partial charge in [-0.2, -0.15) is 0 Å². The van der Waals surface area contributed by atoms with E-state index >= 15 is 0 Å². The zero-order valence-electron chi connectivity index (χ0n) is 22.8. The first kappa shape index (κ1) is 31.6. The zero-order valence-corrected chi connectivity index (χ0v) is 24.3. The van der Waals surface area contributed by atoms with E-state index in [1.54, 1.807) is 42.7 Å². The number of amides is 2. The van der Waals surface area contributed by atoms with E-state index in [0.29, 0.717) is 23.4 Å². The lowest BCUT2D eigenvalue weighted by Gasteiger charge is -2.17. The van der Waals surface area contributed by atoms with Gasteiger partial charge in [0.05, 0.1) is 28.7 Å². The number of hydrogen-bond donors (Lipinski definition) is 4. The Hall–Kier alpha value is -4.35. The number of ketones is 1. The SMILES string of the molecule is O=C(CC[C@@H](NC(=O)c1c(Cl)cc(-c2cccnc2)cc1Cl)C(=O)O)CNC(=O)c1cccc(CC2=NCC(F)CN2)c1. The number of benzene rings is 2. The van der Waals surface area contributed by atoms with Gasteiger partial charge in [-0.3, -0.25) is 24.4 Å². The third-order valence-electron chi connectivity index (χ3n) is 6.59. The Kier molecular flexibility index (Phi) is 10.8. The number of amidine groups is 1. The number of hydrogen-bond acceptors (Lipinski definition) is 7. The second kappa shape index (κ2) is 14.7. The molecule has 1 aliphatic heterocycles. The molecule has 4 rings (SSSR count).